The monoisotopic (exact) mass is 297 g/mol. The highest BCUT2D eigenvalue weighted by molar-refractivity contribution is 6.16. The van der Waals surface area contributed by atoms with Crippen molar-refractivity contribution in [3.05, 3.63) is 60.3 Å². The average Bonchev–Trinajstić information content (AvgIpc) is 2.56. The van der Waals surface area contributed by atoms with Crippen LogP contribution >= 0.6 is 11.6 Å². The van der Waals surface area contributed by atoms with E-state index in [4.69, 9.17) is 11.6 Å². The highest BCUT2D eigenvalue weighted by Gasteiger charge is 2.12. The standard InChI is InChI=1S/C17H16ClN3/c1-2-21(17-11-10-14(12-18)19-20-17)16-9-5-7-13-6-3-4-8-15(13)16/h3-11H,2,12H2,1H3. The minimum absolute atomic E-state index is 0.383. The molecule has 21 heavy (non-hydrogen) atoms. The van der Waals surface area contributed by atoms with Crippen molar-refractivity contribution in [1.29, 1.82) is 0 Å². The number of benzene rings is 2. The molecule has 0 spiro atoms. The molecule has 0 unspecified atom stereocenters. The van der Waals surface area contributed by atoms with Crippen molar-refractivity contribution < 1.29 is 0 Å². The number of alkyl halides is 1. The lowest BCUT2D eigenvalue weighted by molar-refractivity contribution is 0.909. The molecule has 0 aliphatic rings. The Morgan fingerprint density at radius 2 is 1.76 bits per heavy atom. The summed E-state index contributed by atoms with van der Waals surface area (Å²) in [6.07, 6.45) is 0. The smallest absolute Gasteiger partial charge is 0.155 e. The van der Waals surface area contributed by atoms with Gasteiger partial charge in [-0.15, -0.1) is 16.7 Å². The van der Waals surface area contributed by atoms with Gasteiger partial charge in [0.15, 0.2) is 5.82 Å². The molecule has 0 amide bonds. The Balaban J connectivity index is 2.09. The van der Waals surface area contributed by atoms with Gasteiger partial charge < -0.3 is 4.90 Å². The molecule has 3 aromatic rings. The first-order chi connectivity index (χ1) is 10.3. The fraction of sp³-hybridized carbons (Fsp3) is 0.176. The summed E-state index contributed by atoms with van der Waals surface area (Å²) in [5.74, 6) is 1.22. The van der Waals surface area contributed by atoms with Crippen molar-refractivity contribution in [2.24, 2.45) is 0 Å². The zero-order chi connectivity index (χ0) is 14.7. The Labute approximate surface area is 129 Å². The molecule has 0 aliphatic heterocycles. The molecule has 0 atom stereocenters. The maximum absolute atomic E-state index is 5.77. The number of hydrogen-bond acceptors (Lipinski definition) is 3. The molecule has 0 radical (unpaired) electrons. The van der Waals surface area contributed by atoms with Gasteiger partial charge in [0.2, 0.25) is 0 Å². The number of hydrogen-bond donors (Lipinski definition) is 0. The van der Waals surface area contributed by atoms with Gasteiger partial charge in [-0.2, -0.15) is 5.10 Å². The number of aromatic nitrogens is 2. The second-order valence-corrected chi connectivity index (χ2v) is 5.03. The summed E-state index contributed by atoms with van der Waals surface area (Å²) < 4.78 is 0. The van der Waals surface area contributed by atoms with E-state index < -0.39 is 0 Å². The van der Waals surface area contributed by atoms with Crippen molar-refractivity contribution >= 4 is 33.9 Å². The Hall–Kier alpha value is -2.13. The highest BCUT2D eigenvalue weighted by atomic mass is 35.5. The molecule has 0 aliphatic carbocycles. The fourth-order valence-electron chi connectivity index (χ4n) is 2.47. The van der Waals surface area contributed by atoms with Gasteiger partial charge in [-0.1, -0.05) is 36.4 Å². The Morgan fingerprint density at radius 1 is 0.952 bits per heavy atom. The third-order valence-electron chi connectivity index (χ3n) is 3.49. The average molecular weight is 298 g/mol. The van der Waals surface area contributed by atoms with Crippen LogP contribution in [0.4, 0.5) is 11.5 Å². The molecule has 0 fully saturated rings. The first-order valence-electron chi connectivity index (χ1n) is 6.97. The lowest BCUT2D eigenvalue weighted by atomic mass is 10.1. The first-order valence-corrected chi connectivity index (χ1v) is 7.51. The van der Waals surface area contributed by atoms with E-state index in [0.29, 0.717) is 5.88 Å². The SMILES string of the molecule is CCN(c1ccc(CCl)nn1)c1cccc2ccccc12. The summed E-state index contributed by atoms with van der Waals surface area (Å²) in [5.41, 5.74) is 1.93. The molecule has 0 saturated heterocycles. The molecule has 3 nitrogen and oxygen atoms in total. The van der Waals surface area contributed by atoms with Crippen LogP contribution in [0.25, 0.3) is 10.8 Å². The zero-order valence-electron chi connectivity index (χ0n) is 11.8. The molecular weight excluding hydrogens is 282 g/mol. The minimum Gasteiger partial charge on any atom is -0.325 e. The summed E-state index contributed by atoms with van der Waals surface area (Å²) in [4.78, 5) is 2.16. The van der Waals surface area contributed by atoms with Crippen molar-refractivity contribution in [2.75, 3.05) is 11.4 Å². The normalized spacial score (nSPS) is 10.8. The Bertz CT molecular complexity index is 735. The van der Waals surface area contributed by atoms with Crippen molar-refractivity contribution in [3.63, 3.8) is 0 Å². The third kappa shape index (κ3) is 2.69. The molecule has 0 bridgehead atoms. The maximum Gasteiger partial charge on any atom is 0.155 e. The van der Waals surface area contributed by atoms with E-state index in [-0.39, 0.29) is 0 Å². The van der Waals surface area contributed by atoms with Crippen LogP contribution in [0.15, 0.2) is 54.6 Å². The molecule has 4 heteroatoms. The molecule has 1 aromatic heterocycles. The Kier molecular flexibility index (Phi) is 4.02. The zero-order valence-corrected chi connectivity index (χ0v) is 12.6. The molecule has 1 heterocycles. The van der Waals surface area contributed by atoms with Crippen LogP contribution in [0.3, 0.4) is 0 Å². The van der Waals surface area contributed by atoms with E-state index in [2.05, 4.69) is 64.5 Å². The maximum atomic E-state index is 5.77. The summed E-state index contributed by atoms with van der Waals surface area (Å²) in [5, 5.41) is 10.9. The fourth-order valence-corrected chi connectivity index (χ4v) is 2.61. The van der Waals surface area contributed by atoms with Crippen molar-refractivity contribution in [1.82, 2.24) is 10.2 Å². The van der Waals surface area contributed by atoms with E-state index in [0.717, 1.165) is 23.7 Å². The quantitative estimate of drug-likeness (QED) is 0.663. The van der Waals surface area contributed by atoms with Crippen molar-refractivity contribution in [3.8, 4) is 0 Å². The van der Waals surface area contributed by atoms with Gasteiger partial charge >= 0.3 is 0 Å². The predicted molar refractivity (Wildman–Crippen MR) is 88.2 cm³/mol. The largest absolute Gasteiger partial charge is 0.325 e. The Morgan fingerprint density at radius 3 is 2.48 bits per heavy atom. The molecule has 2 aromatic carbocycles. The molecule has 3 rings (SSSR count). The summed E-state index contributed by atoms with van der Waals surface area (Å²) in [6.45, 7) is 2.93. The summed E-state index contributed by atoms with van der Waals surface area (Å²) in [7, 11) is 0. The van der Waals surface area contributed by atoms with Crippen LogP contribution in [-0.4, -0.2) is 16.7 Å². The van der Waals surface area contributed by atoms with Gasteiger partial charge in [0.1, 0.15) is 0 Å². The minimum atomic E-state index is 0.383. The number of fused-ring (bicyclic) bond motifs is 1. The van der Waals surface area contributed by atoms with Gasteiger partial charge in [0.05, 0.1) is 17.3 Å². The van der Waals surface area contributed by atoms with Crippen LogP contribution in [0.5, 0.6) is 0 Å². The van der Waals surface area contributed by atoms with Gasteiger partial charge in [0, 0.05) is 11.9 Å². The molecular formula is C17H16ClN3. The van der Waals surface area contributed by atoms with Crippen LogP contribution in [-0.2, 0) is 5.88 Å². The van der Waals surface area contributed by atoms with Crippen molar-refractivity contribution in [2.45, 2.75) is 12.8 Å². The first kappa shape index (κ1) is 13.8. The predicted octanol–water partition coefficient (Wildman–Crippen LogP) is 4.53. The van der Waals surface area contributed by atoms with Gasteiger partial charge in [-0.05, 0) is 30.5 Å². The van der Waals surface area contributed by atoms with E-state index in [1.54, 1.807) is 0 Å². The lowest BCUT2D eigenvalue weighted by Gasteiger charge is -2.23. The van der Waals surface area contributed by atoms with Crippen LogP contribution in [0.2, 0.25) is 0 Å². The van der Waals surface area contributed by atoms with E-state index in [1.807, 2.05) is 12.1 Å². The number of nitrogens with zero attached hydrogens (tertiary/aromatic N) is 3. The van der Waals surface area contributed by atoms with E-state index in [1.165, 1.54) is 10.8 Å². The number of rotatable bonds is 4. The van der Waals surface area contributed by atoms with Gasteiger partial charge in [-0.25, -0.2) is 0 Å². The summed E-state index contributed by atoms with van der Waals surface area (Å²) in [6, 6.07) is 18.6. The van der Waals surface area contributed by atoms with Crippen LogP contribution in [0.1, 0.15) is 12.6 Å². The van der Waals surface area contributed by atoms with E-state index >= 15 is 0 Å². The summed E-state index contributed by atoms with van der Waals surface area (Å²) >= 11 is 5.77. The molecule has 106 valence electrons. The lowest BCUT2D eigenvalue weighted by Crippen LogP contribution is -2.18. The topological polar surface area (TPSA) is 29.0 Å². The van der Waals surface area contributed by atoms with E-state index in [9.17, 15) is 0 Å². The number of anilines is 2. The van der Waals surface area contributed by atoms with Gasteiger partial charge in [0.25, 0.3) is 0 Å². The molecule has 0 N–H and O–H groups in total. The second-order valence-electron chi connectivity index (χ2n) is 4.76. The van der Waals surface area contributed by atoms with Crippen LogP contribution < -0.4 is 4.90 Å². The third-order valence-corrected chi connectivity index (χ3v) is 3.77. The van der Waals surface area contributed by atoms with Gasteiger partial charge in [-0.3, -0.25) is 0 Å². The van der Waals surface area contributed by atoms with Crippen LogP contribution in [0, 0.1) is 0 Å². The highest BCUT2D eigenvalue weighted by Crippen LogP contribution is 2.30. The second kappa shape index (κ2) is 6.10. The molecule has 0 saturated carbocycles. The number of halogens is 1.